The van der Waals surface area contributed by atoms with Crippen molar-refractivity contribution in [2.45, 2.75) is 19.6 Å². The van der Waals surface area contributed by atoms with Crippen molar-refractivity contribution >= 4 is 17.4 Å². The summed E-state index contributed by atoms with van der Waals surface area (Å²) >= 11 is 0. The average molecular weight is 376 g/mol. The lowest BCUT2D eigenvalue weighted by Crippen LogP contribution is -2.16. The zero-order chi connectivity index (χ0) is 19.4. The third-order valence-electron chi connectivity index (χ3n) is 3.54. The Bertz CT molecular complexity index is 940. The van der Waals surface area contributed by atoms with E-state index < -0.39 is 17.6 Å². The van der Waals surface area contributed by atoms with Gasteiger partial charge in [-0.1, -0.05) is 6.07 Å². The predicted octanol–water partition coefficient (Wildman–Crippen LogP) is 4.26. The van der Waals surface area contributed by atoms with Crippen LogP contribution in [0.5, 0.6) is 0 Å². The maximum absolute atomic E-state index is 12.8. The Hall–Kier alpha value is -3.36. The lowest BCUT2D eigenvalue weighted by Gasteiger charge is -2.11. The number of alkyl halides is 3. The number of aryl methyl sites for hydroxylation is 1. The van der Waals surface area contributed by atoms with Crippen molar-refractivity contribution < 1.29 is 22.4 Å². The van der Waals surface area contributed by atoms with E-state index in [1.165, 1.54) is 24.5 Å². The molecule has 0 aliphatic rings. The van der Waals surface area contributed by atoms with Crippen LogP contribution in [0.3, 0.4) is 0 Å². The van der Waals surface area contributed by atoms with E-state index in [2.05, 4.69) is 20.6 Å². The average Bonchev–Trinajstić information content (AvgIpc) is 3.12. The Labute approximate surface area is 152 Å². The second kappa shape index (κ2) is 7.48. The third kappa shape index (κ3) is 4.84. The molecule has 0 spiro atoms. The summed E-state index contributed by atoms with van der Waals surface area (Å²) in [5.74, 6) is 0.781. The monoisotopic (exact) mass is 376 g/mol. The molecular formula is C18H15F3N4O2. The van der Waals surface area contributed by atoms with Gasteiger partial charge in [0, 0.05) is 11.8 Å². The van der Waals surface area contributed by atoms with Gasteiger partial charge in [-0.05, 0) is 37.3 Å². The molecule has 27 heavy (non-hydrogen) atoms. The van der Waals surface area contributed by atoms with Crippen molar-refractivity contribution in [1.29, 1.82) is 0 Å². The number of rotatable bonds is 5. The molecule has 6 nitrogen and oxygen atoms in total. The van der Waals surface area contributed by atoms with Crippen molar-refractivity contribution in [2.75, 3.05) is 10.6 Å². The number of carbonyl (C=O) groups excluding carboxylic acids is 1. The summed E-state index contributed by atoms with van der Waals surface area (Å²) in [5.41, 5.74) is -0.794. The van der Waals surface area contributed by atoms with Crippen molar-refractivity contribution in [3.63, 3.8) is 0 Å². The fourth-order valence-corrected chi connectivity index (χ4v) is 2.33. The van der Waals surface area contributed by atoms with Crippen LogP contribution < -0.4 is 10.6 Å². The molecule has 0 saturated carbocycles. The molecule has 0 bridgehead atoms. The molecule has 2 aromatic heterocycles. The highest BCUT2D eigenvalue weighted by Crippen LogP contribution is 2.30. The van der Waals surface area contributed by atoms with Gasteiger partial charge in [0.15, 0.2) is 0 Å². The molecule has 140 valence electrons. The van der Waals surface area contributed by atoms with E-state index in [4.69, 9.17) is 4.42 Å². The predicted molar refractivity (Wildman–Crippen MR) is 92.2 cm³/mol. The number of amides is 1. The van der Waals surface area contributed by atoms with Gasteiger partial charge in [-0.15, -0.1) is 0 Å². The summed E-state index contributed by atoms with van der Waals surface area (Å²) in [4.78, 5) is 20.6. The van der Waals surface area contributed by atoms with Crippen LogP contribution in [0.2, 0.25) is 0 Å². The minimum atomic E-state index is -4.49. The first-order valence-electron chi connectivity index (χ1n) is 7.92. The molecule has 2 N–H and O–H groups in total. The quantitative estimate of drug-likeness (QED) is 0.695. The first kappa shape index (κ1) is 18.4. The number of hydrogen-bond donors (Lipinski definition) is 2. The van der Waals surface area contributed by atoms with Crippen molar-refractivity contribution in [3.8, 4) is 0 Å². The molecule has 0 aliphatic carbocycles. The van der Waals surface area contributed by atoms with Crippen LogP contribution in [0.1, 0.15) is 27.6 Å². The van der Waals surface area contributed by atoms with E-state index in [1.54, 1.807) is 19.1 Å². The molecule has 1 aromatic carbocycles. The van der Waals surface area contributed by atoms with Crippen LogP contribution in [0, 0.1) is 6.92 Å². The number of nitrogens with one attached hydrogen (secondary N) is 2. The highest BCUT2D eigenvalue weighted by atomic mass is 19.4. The van der Waals surface area contributed by atoms with E-state index in [-0.39, 0.29) is 11.4 Å². The Morgan fingerprint density at radius 3 is 2.67 bits per heavy atom. The molecule has 1 amide bonds. The highest BCUT2D eigenvalue weighted by Gasteiger charge is 2.30. The Morgan fingerprint density at radius 2 is 1.96 bits per heavy atom. The van der Waals surface area contributed by atoms with Gasteiger partial charge in [-0.2, -0.15) is 13.2 Å². The molecule has 0 unspecified atom stereocenters. The minimum Gasteiger partial charge on any atom is -0.467 e. The molecule has 9 heteroatoms. The molecule has 0 radical (unpaired) electrons. The van der Waals surface area contributed by atoms with Crippen LogP contribution in [0.15, 0.2) is 53.1 Å². The standard InChI is InChI=1S/C18H15F3N4O2/c1-11-23-15(9-16(24-11)22-10-14-6-3-7-27-14)17(26)25-13-5-2-4-12(8-13)18(19,20)21/h2-9H,10H2,1H3,(H,25,26)(H,22,23,24). The zero-order valence-corrected chi connectivity index (χ0v) is 14.2. The summed E-state index contributed by atoms with van der Waals surface area (Å²) in [5, 5.41) is 5.42. The fourth-order valence-electron chi connectivity index (χ4n) is 2.33. The van der Waals surface area contributed by atoms with Gasteiger partial charge in [0.05, 0.1) is 18.4 Å². The number of halogens is 3. The number of anilines is 2. The van der Waals surface area contributed by atoms with E-state index in [9.17, 15) is 18.0 Å². The van der Waals surface area contributed by atoms with Crippen molar-refractivity contribution in [1.82, 2.24) is 9.97 Å². The number of nitrogens with zero attached hydrogens (tertiary/aromatic N) is 2. The van der Waals surface area contributed by atoms with E-state index in [0.717, 1.165) is 12.1 Å². The van der Waals surface area contributed by atoms with Crippen molar-refractivity contribution in [3.05, 3.63) is 71.6 Å². The van der Waals surface area contributed by atoms with E-state index in [0.29, 0.717) is 23.9 Å². The summed E-state index contributed by atoms with van der Waals surface area (Å²) in [7, 11) is 0. The molecule has 2 heterocycles. The van der Waals surface area contributed by atoms with E-state index >= 15 is 0 Å². The number of furan rings is 1. The second-order valence-corrected chi connectivity index (χ2v) is 5.65. The molecule has 0 atom stereocenters. The smallest absolute Gasteiger partial charge is 0.416 e. The van der Waals surface area contributed by atoms with Crippen LogP contribution in [0.4, 0.5) is 24.7 Å². The topological polar surface area (TPSA) is 80.0 Å². The van der Waals surface area contributed by atoms with Gasteiger partial charge >= 0.3 is 6.18 Å². The summed E-state index contributed by atoms with van der Waals surface area (Å²) < 4.78 is 43.6. The molecule has 0 fully saturated rings. The van der Waals surface area contributed by atoms with Gasteiger partial charge in [0.25, 0.3) is 5.91 Å². The molecule has 3 aromatic rings. The lowest BCUT2D eigenvalue weighted by atomic mass is 10.2. The largest absolute Gasteiger partial charge is 0.467 e. The summed E-state index contributed by atoms with van der Waals surface area (Å²) in [6, 6.07) is 9.33. The second-order valence-electron chi connectivity index (χ2n) is 5.65. The van der Waals surface area contributed by atoms with Crippen LogP contribution in [-0.2, 0) is 12.7 Å². The normalized spacial score (nSPS) is 11.3. The Kier molecular flexibility index (Phi) is 5.11. The molecule has 3 rings (SSSR count). The first-order valence-corrected chi connectivity index (χ1v) is 7.92. The van der Waals surface area contributed by atoms with Gasteiger partial charge in [-0.25, -0.2) is 9.97 Å². The SMILES string of the molecule is Cc1nc(NCc2ccco2)cc(C(=O)Nc2cccc(C(F)(F)F)c2)n1. The third-order valence-corrected chi connectivity index (χ3v) is 3.54. The zero-order valence-electron chi connectivity index (χ0n) is 14.2. The maximum Gasteiger partial charge on any atom is 0.416 e. The Balaban J connectivity index is 1.74. The van der Waals surface area contributed by atoms with Gasteiger partial charge in [0.2, 0.25) is 0 Å². The van der Waals surface area contributed by atoms with Crippen molar-refractivity contribution in [2.24, 2.45) is 0 Å². The fraction of sp³-hybridized carbons (Fsp3) is 0.167. The number of benzene rings is 1. The maximum atomic E-state index is 12.8. The van der Waals surface area contributed by atoms with Crippen LogP contribution in [-0.4, -0.2) is 15.9 Å². The lowest BCUT2D eigenvalue weighted by molar-refractivity contribution is -0.137. The van der Waals surface area contributed by atoms with Gasteiger partial charge in [-0.3, -0.25) is 4.79 Å². The highest BCUT2D eigenvalue weighted by molar-refractivity contribution is 6.03. The molecule has 0 saturated heterocycles. The summed E-state index contributed by atoms with van der Waals surface area (Å²) in [6.07, 6.45) is -2.95. The summed E-state index contributed by atoms with van der Waals surface area (Å²) in [6.45, 7) is 1.97. The first-order chi connectivity index (χ1) is 12.8. The number of aromatic nitrogens is 2. The van der Waals surface area contributed by atoms with Gasteiger partial charge < -0.3 is 15.1 Å². The van der Waals surface area contributed by atoms with Crippen LogP contribution >= 0.6 is 0 Å². The number of hydrogen-bond acceptors (Lipinski definition) is 5. The molecule has 0 aliphatic heterocycles. The minimum absolute atomic E-state index is 0.0242. The van der Waals surface area contributed by atoms with Crippen LogP contribution in [0.25, 0.3) is 0 Å². The number of carbonyl (C=O) groups is 1. The molecular weight excluding hydrogens is 361 g/mol. The Morgan fingerprint density at radius 1 is 1.15 bits per heavy atom. The van der Waals surface area contributed by atoms with E-state index in [1.807, 2.05) is 0 Å². The van der Waals surface area contributed by atoms with Gasteiger partial charge in [0.1, 0.15) is 23.1 Å².